The monoisotopic (exact) mass is 276 g/mol. The molecule has 0 saturated heterocycles. The van der Waals surface area contributed by atoms with E-state index in [-0.39, 0.29) is 16.3 Å². The van der Waals surface area contributed by atoms with Crippen LogP contribution in [0.25, 0.3) is 0 Å². The Morgan fingerprint density at radius 2 is 2.20 bits per heavy atom. The number of carbonyl (C=O) groups is 1. The Hall–Kier alpha value is -2.90. The second-order valence-corrected chi connectivity index (χ2v) is 3.84. The van der Waals surface area contributed by atoms with Crippen molar-refractivity contribution in [1.29, 1.82) is 0 Å². The molecule has 2 rings (SSSR count). The molecule has 8 nitrogen and oxygen atoms in total. The van der Waals surface area contributed by atoms with Crippen LogP contribution in [0.3, 0.4) is 0 Å². The molecule has 0 radical (unpaired) electrons. The summed E-state index contributed by atoms with van der Waals surface area (Å²) in [7, 11) is 1.58. The largest absolute Gasteiger partial charge is 0.497 e. The first-order valence-electron chi connectivity index (χ1n) is 5.65. The highest BCUT2D eigenvalue weighted by molar-refractivity contribution is 5.93. The lowest BCUT2D eigenvalue weighted by Crippen LogP contribution is -2.28. The van der Waals surface area contributed by atoms with Crippen LogP contribution in [0, 0.1) is 12.1 Å². The lowest BCUT2D eigenvalue weighted by Gasteiger charge is -1.98. The molecule has 1 aromatic heterocycles. The first kappa shape index (κ1) is 13.5. The fraction of sp³-hybridized carbons (Fsp3) is 0.167. The summed E-state index contributed by atoms with van der Waals surface area (Å²) >= 11 is 0. The maximum atomic E-state index is 11.6. The Morgan fingerprint density at radius 1 is 1.50 bits per heavy atom. The van der Waals surface area contributed by atoms with Crippen molar-refractivity contribution in [3.63, 3.8) is 0 Å². The van der Waals surface area contributed by atoms with Crippen LogP contribution in [0.4, 0.5) is 0 Å². The summed E-state index contributed by atoms with van der Waals surface area (Å²) in [6.45, 7) is 1.42. The number of hydrazone groups is 1. The normalized spacial score (nSPS) is 10.7. The zero-order valence-corrected chi connectivity index (χ0v) is 10.9. The number of nitrogens with zero attached hydrogens (tertiary/aromatic N) is 3. The number of carbonyl (C=O) groups excluding carboxylic acids is 1. The van der Waals surface area contributed by atoms with Gasteiger partial charge < -0.3 is 9.94 Å². The van der Waals surface area contributed by atoms with E-state index in [4.69, 9.17) is 4.74 Å². The van der Waals surface area contributed by atoms with E-state index in [1.807, 2.05) is 0 Å². The van der Waals surface area contributed by atoms with Gasteiger partial charge in [0, 0.05) is 6.92 Å². The molecular formula is C12H12N4O4. The van der Waals surface area contributed by atoms with E-state index >= 15 is 0 Å². The number of nitrogens with one attached hydrogen (secondary N) is 1. The van der Waals surface area contributed by atoms with Gasteiger partial charge in [-0.3, -0.25) is 9.42 Å². The fourth-order valence-corrected chi connectivity index (χ4v) is 1.41. The molecule has 104 valence electrons. The van der Waals surface area contributed by atoms with Crippen molar-refractivity contribution < 1.29 is 19.1 Å². The van der Waals surface area contributed by atoms with E-state index in [0.29, 0.717) is 0 Å². The van der Waals surface area contributed by atoms with E-state index in [0.717, 1.165) is 11.3 Å². The van der Waals surface area contributed by atoms with Crippen molar-refractivity contribution in [2.24, 2.45) is 5.10 Å². The van der Waals surface area contributed by atoms with Gasteiger partial charge in [0.05, 0.1) is 18.5 Å². The second kappa shape index (κ2) is 5.83. The molecule has 0 unspecified atom stereocenters. The maximum absolute atomic E-state index is 11.6. The predicted molar refractivity (Wildman–Crippen MR) is 68.3 cm³/mol. The van der Waals surface area contributed by atoms with Crippen molar-refractivity contribution >= 4 is 12.1 Å². The van der Waals surface area contributed by atoms with Gasteiger partial charge in [0.25, 0.3) is 0 Å². The second-order valence-electron chi connectivity index (χ2n) is 3.84. The summed E-state index contributed by atoms with van der Waals surface area (Å²) in [6, 6.07) is 7.10. The van der Waals surface area contributed by atoms with E-state index < -0.39 is 5.91 Å². The van der Waals surface area contributed by atoms with Crippen molar-refractivity contribution in [2.45, 2.75) is 6.92 Å². The van der Waals surface area contributed by atoms with E-state index in [2.05, 4.69) is 20.3 Å². The average molecular weight is 276 g/mol. The third-order valence-corrected chi connectivity index (χ3v) is 2.53. The van der Waals surface area contributed by atoms with Crippen LogP contribution in [0.2, 0.25) is 0 Å². The SMILES string of the molecule is COc1ccc(/C=N/NC(=O)c2no[n+]([O-])c2C)cc1. The van der Waals surface area contributed by atoms with Gasteiger partial charge in [0.15, 0.2) is 0 Å². The van der Waals surface area contributed by atoms with Crippen LogP contribution in [0.15, 0.2) is 34.0 Å². The van der Waals surface area contributed by atoms with Crippen molar-refractivity contribution in [1.82, 2.24) is 10.6 Å². The van der Waals surface area contributed by atoms with Crippen LogP contribution < -0.4 is 15.1 Å². The van der Waals surface area contributed by atoms with Gasteiger partial charge in [-0.1, -0.05) is 0 Å². The van der Waals surface area contributed by atoms with E-state index in [1.54, 1.807) is 31.4 Å². The molecule has 0 aliphatic rings. The molecule has 1 amide bonds. The van der Waals surface area contributed by atoms with Gasteiger partial charge in [-0.25, -0.2) is 5.43 Å². The molecule has 0 aliphatic heterocycles. The first-order valence-corrected chi connectivity index (χ1v) is 5.65. The van der Waals surface area contributed by atoms with Crippen molar-refractivity contribution in [3.8, 4) is 5.75 Å². The lowest BCUT2D eigenvalue weighted by atomic mass is 10.2. The smallest absolute Gasteiger partial charge is 0.322 e. The Balaban J connectivity index is 1.98. The highest BCUT2D eigenvalue weighted by Crippen LogP contribution is 2.09. The van der Waals surface area contributed by atoms with Gasteiger partial charge in [0.1, 0.15) is 5.75 Å². The molecule has 0 bridgehead atoms. The summed E-state index contributed by atoms with van der Waals surface area (Å²) in [4.78, 5) is 11.8. The summed E-state index contributed by atoms with van der Waals surface area (Å²) in [6.07, 6.45) is 1.46. The third kappa shape index (κ3) is 2.91. The zero-order valence-electron chi connectivity index (χ0n) is 10.9. The number of benzene rings is 1. The highest BCUT2D eigenvalue weighted by atomic mass is 16.8. The van der Waals surface area contributed by atoms with Crippen LogP contribution in [0.5, 0.6) is 5.75 Å². The van der Waals surface area contributed by atoms with Crippen LogP contribution in [0.1, 0.15) is 21.7 Å². The van der Waals surface area contributed by atoms with Gasteiger partial charge in [-0.05, 0) is 34.7 Å². The lowest BCUT2D eigenvalue weighted by molar-refractivity contribution is -0.806. The Kier molecular flexibility index (Phi) is 3.94. The van der Waals surface area contributed by atoms with E-state index in [9.17, 15) is 10.0 Å². The van der Waals surface area contributed by atoms with Crippen LogP contribution >= 0.6 is 0 Å². The molecule has 1 aromatic carbocycles. The third-order valence-electron chi connectivity index (χ3n) is 2.53. The van der Waals surface area contributed by atoms with E-state index in [1.165, 1.54) is 13.1 Å². The summed E-state index contributed by atoms with van der Waals surface area (Å²) in [5, 5.41) is 18.1. The maximum Gasteiger partial charge on any atom is 0.322 e. The van der Waals surface area contributed by atoms with Gasteiger partial charge in [0.2, 0.25) is 5.69 Å². The Morgan fingerprint density at radius 3 is 2.75 bits per heavy atom. The van der Waals surface area contributed by atoms with Crippen LogP contribution in [-0.2, 0) is 0 Å². The molecule has 2 aromatic rings. The standard InChI is InChI=1S/C12H12N4O4/c1-8-11(15-20-16(8)18)12(17)14-13-7-9-3-5-10(19-2)6-4-9/h3-7H,1-2H3,(H,14,17)/b13-7+. The Bertz CT molecular complexity index is 633. The number of hydrogen-bond donors (Lipinski definition) is 1. The molecule has 0 atom stereocenters. The highest BCUT2D eigenvalue weighted by Gasteiger charge is 2.22. The summed E-state index contributed by atoms with van der Waals surface area (Å²) in [5.41, 5.74) is 3.00. The summed E-state index contributed by atoms with van der Waals surface area (Å²) in [5.74, 6) is 0.106. The molecule has 0 saturated carbocycles. The zero-order chi connectivity index (χ0) is 14.5. The molecular weight excluding hydrogens is 264 g/mol. The van der Waals surface area contributed by atoms with Gasteiger partial charge >= 0.3 is 11.6 Å². The topological polar surface area (TPSA) is 104 Å². The number of aromatic nitrogens is 2. The van der Waals surface area contributed by atoms with Crippen LogP contribution in [-0.4, -0.2) is 24.4 Å². The predicted octanol–water partition coefficient (Wildman–Crippen LogP) is 0.389. The van der Waals surface area contributed by atoms with Crippen molar-refractivity contribution in [2.75, 3.05) is 7.11 Å². The number of hydrogen-bond acceptors (Lipinski definition) is 6. The van der Waals surface area contributed by atoms with Crippen molar-refractivity contribution in [3.05, 3.63) is 46.4 Å². The van der Waals surface area contributed by atoms with Gasteiger partial charge in [-0.2, -0.15) is 5.10 Å². The summed E-state index contributed by atoms with van der Waals surface area (Å²) < 4.78 is 9.31. The number of rotatable bonds is 4. The first-order chi connectivity index (χ1) is 9.61. The average Bonchev–Trinajstić information content (AvgIpc) is 2.80. The molecule has 20 heavy (non-hydrogen) atoms. The molecule has 0 spiro atoms. The minimum Gasteiger partial charge on any atom is -0.497 e. The molecule has 8 heteroatoms. The number of methoxy groups -OCH3 is 1. The number of ether oxygens (including phenoxy) is 1. The molecule has 0 fully saturated rings. The molecule has 1 heterocycles. The fourth-order valence-electron chi connectivity index (χ4n) is 1.41. The van der Waals surface area contributed by atoms with Gasteiger partial charge in [-0.15, -0.1) is 0 Å². The minimum atomic E-state index is -0.620. The quantitative estimate of drug-likeness (QED) is 0.494. The minimum absolute atomic E-state index is 0.0714. The number of amides is 1. The Labute approximate surface area is 114 Å². The molecule has 0 aliphatic carbocycles. The molecule has 1 N–H and O–H groups in total.